The highest BCUT2D eigenvalue weighted by molar-refractivity contribution is 5.69. The average Bonchev–Trinajstić information content (AvgIpc) is 3.27. The second kappa shape index (κ2) is 43.6. The lowest BCUT2D eigenvalue weighted by Gasteiger charge is -2.39. The van der Waals surface area contributed by atoms with Gasteiger partial charge in [-0.1, -0.05) is 170 Å². The van der Waals surface area contributed by atoms with Gasteiger partial charge in [0.1, 0.15) is 30.5 Å². The van der Waals surface area contributed by atoms with Gasteiger partial charge in [0.2, 0.25) is 0 Å². The van der Waals surface area contributed by atoms with Gasteiger partial charge in [-0.2, -0.15) is 0 Å². The third-order valence-electron chi connectivity index (χ3n) is 10.8. The largest absolute Gasteiger partial charge is 0.457 e. The van der Waals surface area contributed by atoms with E-state index in [0.29, 0.717) is 6.61 Å². The normalized spacial score (nSPS) is 20.5. The van der Waals surface area contributed by atoms with E-state index in [1.807, 2.05) is 0 Å². The molecule has 0 saturated carbocycles. The van der Waals surface area contributed by atoms with Crippen molar-refractivity contribution in [2.45, 2.75) is 218 Å². The molecule has 0 radical (unpaired) electrons. The van der Waals surface area contributed by atoms with E-state index in [1.165, 1.54) is 64.2 Å². The van der Waals surface area contributed by atoms with Gasteiger partial charge in [-0.15, -0.1) is 0 Å². The number of hydrogen-bond acceptors (Lipinski definition) is 9. The first kappa shape index (κ1) is 57.4. The predicted octanol–water partition coefficient (Wildman–Crippen LogP) is 11.8. The van der Waals surface area contributed by atoms with Crippen molar-refractivity contribution in [3.63, 3.8) is 0 Å². The Morgan fingerprint density at radius 1 is 0.532 bits per heavy atom. The molecule has 1 rings (SSSR count). The summed E-state index contributed by atoms with van der Waals surface area (Å²) in [4.78, 5) is 12.8. The van der Waals surface area contributed by atoms with E-state index >= 15 is 0 Å². The summed E-state index contributed by atoms with van der Waals surface area (Å²) >= 11 is 0. The number of unbranched alkanes of at least 4 members (excludes halogenated alkanes) is 16. The fourth-order valence-electron chi connectivity index (χ4n) is 6.96. The molecule has 356 valence electrons. The smallest absolute Gasteiger partial charge is 0.306 e. The standard InChI is InChI=1S/C53H90O9/c1-3-5-7-9-11-13-15-17-19-21-22-23-24-25-26-27-28-30-32-34-36-38-40-42-49(55)61-47(46-60-53-52(58)51(57)50(56)48(44-54)62-53)45-59-43-41-39-37-35-33-31-29-20-18-16-14-12-10-8-6-4-2/h5,7,11,13,17-20,22-23,25-26,28,30,47-48,50-54,56-58H,3-4,6,8-10,12,14-16,21,24,27,29,31-46H2,1-2H3/b7-5-,13-11-,19-17-,20-18-,23-22-,26-25-,30-28-. The van der Waals surface area contributed by atoms with Gasteiger partial charge in [0.05, 0.1) is 19.8 Å². The lowest BCUT2D eigenvalue weighted by Crippen LogP contribution is -2.59. The first-order chi connectivity index (χ1) is 30.4. The SMILES string of the molecule is CC/C=C\C/C=C\C/C=C\C/C=C\C/C=C\C/C=C\CCCCCCC(=O)OC(COCCCCCCCC/C=C\CCCCCCCC)COC1OC(CO)C(O)C(O)C1O. The number of aliphatic hydroxyl groups excluding tert-OH is 4. The van der Waals surface area contributed by atoms with Crippen LogP contribution in [0.25, 0.3) is 0 Å². The van der Waals surface area contributed by atoms with Crippen molar-refractivity contribution in [1.29, 1.82) is 0 Å². The van der Waals surface area contributed by atoms with Crippen LogP contribution >= 0.6 is 0 Å². The zero-order valence-electron chi connectivity index (χ0n) is 39.1. The van der Waals surface area contributed by atoms with E-state index < -0.39 is 43.4 Å². The maximum atomic E-state index is 12.8. The first-order valence-electron chi connectivity index (χ1n) is 24.7. The number of esters is 1. The Labute approximate surface area is 378 Å². The summed E-state index contributed by atoms with van der Waals surface area (Å²) in [5, 5.41) is 40.2. The highest BCUT2D eigenvalue weighted by atomic mass is 16.7. The molecule has 1 heterocycles. The minimum absolute atomic E-state index is 0.125. The van der Waals surface area contributed by atoms with Crippen LogP contribution in [-0.2, 0) is 23.7 Å². The number of rotatable bonds is 41. The Morgan fingerprint density at radius 3 is 1.50 bits per heavy atom. The molecule has 0 spiro atoms. The van der Waals surface area contributed by atoms with E-state index in [-0.39, 0.29) is 25.6 Å². The van der Waals surface area contributed by atoms with Gasteiger partial charge in [-0.05, 0) is 89.9 Å². The number of carbonyl (C=O) groups excluding carboxylic acids is 1. The molecular formula is C53H90O9. The second-order valence-corrected chi connectivity index (χ2v) is 16.5. The van der Waals surface area contributed by atoms with E-state index in [4.69, 9.17) is 18.9 Å². The van der Waals surface area contributed by atoms with Crippen molar-refractivity contribution in [2.24, 2.45) is 0 Å². The highest BCUT2D eigenvalue weighted by Crippen LogP contribution is 2.22. The highest BCUT2D eigenvalue weighted by Gasteiger charge is 2.44. The summed E-state index contributed by atoms with van der Waals surface area (Å²) in [6.07, 6.45) is 51.8. The monoisotopic (exact) mass is 871 g/mol. The molecule has 0 aromatic rings. The van der Waals surface area contributed by atoms with Crippen LogP contribution in [0.15, 0.2) is 85.1 Å². The van der Waals surface area contributed by atoms with Crippen LogP contribution in [0.2, 0.25) is 0 Å². The van der Waals surface area contributed by atoms with Crippen molar-refractivity contribution in [3.05, 3.63) is 85.1 Å². The van der Waals surface area contributed by atoms with Gasteiger partial charge in [-0.25, -0.2) is 0 Å². The molecule has 1 aliphatic heterocycles. The zero-order chi connectivity index (χ0) is 45.0. The van der Waals surface area contributed by atoms with Crippen LogP contribution < -0.4 is 0 Å². The Morgan fingerprint density at radius 2 is 0.984 bits per heavy atom. The molecule has 1 saturated heterocycles. The number of allylic oxidation sites excluding steroid dienone is 14. The molecule has 1 fully saturated rings. The van der Waals surface area contributed by atoms with Gasteiger partial charge >= 0.3 is 5.97 Å². The van der Waals surface area contributed by atoms with Gasteiger partial charge < -0.3 is 39.4 Å². The zero-order valence-corrected chi connectivity index (χ0v) is 39.1. The lowest BCUT2D eigenvalue weighted by molar-refractivity contribution is -0.305. The fourth-order valence-corrected chi connectivity index (χ4v) is 6.96. The second-order valence-electron chi connectivity index (χ2n) is 16.5. The molecular weight excluding hydrogens is 781 g/mol. The summed E-state index contributed by atoms with van der Waals surface area (Å²) in [5.41, 5.74) is 0. The maximum Gasteiger partial charge on any atom is 0.306 e. The Kier molecular flexibility index (Phi) is 40.4. The first-order valence-corrected chi connectivity index (χ1v) is 24.7. The minimum atomic E-state index is -1.55. The van der Waals surface area contributed by atoms with Crippen molar-refractivity contribution >= 4 is 5.97 Å². The number of aliphatic hydroxyl groups is 4. The molecule has 0 amide bonds. The van der Waals surface area contributed by atoms with Gasteiger partial charge in [0.15, 0.2) is 6.29 Å². The van der Waals surface area contributed by atoms with Crippen LogP contribution in [0.1, 0.15) is 181 Å². The summed E-state index contributed by atoms with van der Waals surface area (Å²) in [7, 11) is 0. The Balaban J connectivity index is 2.27. The van der Waals surface area contributed by atoms with E-state index in [0.717, 1.165) is 96.3 Å². The van der Waals surface area contributed by atoms with Crippen LogP contribution in [0.5, 0.6) is 0 Å². The molecule has 1 aliphatic rings. The van der Waals surface area contributed by atoms with Crippen molar-refractivity contribution in [1.82, 2.24) is 0 Å². The summed E-state index contributed by atoms with van der Waals surface area (Å²) in [6, 6.07) is 0. The van der Waals surface area contributed by atoms with Crippen LogP contribution in [0, 0.1) is 0 Å². The Bertz CT molecular complexity index is 1220. The molecule has 9 nitrogen and oxygen atoms in total. The van der Waals surface area contributed by atoms with Crippen molar-refractivity contribution in [3.8, 4) is 0 Å². The predicted molar refractivity (Wildman–Crippen MR) is 256 cm³/mol. The molecule has 0 aromatic carbocycles. The topological polar surface area (TPSA) is 135 Å². The molecule has 9 heteroatoms. The average molecular weight is 871 g/mol. The fraction of sp³-hybridized carbons (Fsp3) is 0.717. The maximum absolute atomic E-state index is 12.8. The van der Waals surface area contributed by atoms with E-state index in [9.17, 15) is 25.2 Å². The summed E-state index contributed by atoms with van der Waals surface area (Å²) in [6.45, 7) is 4.39. The van der Waals surface area contributed by atoms with Gasteiger partial charge in [0.25, 0.3) is 0 Å². The molecule has 62 heavy (non-hydrogen) atoms. The van der Waals surface area contributed by atoms with Gasteiger partial charge in [-0.3, -0.25) is 4.79 Å². The molecule has 6 unspecified atom stereocenters. The molecule has 0 aromatic heterocycles. The summed E-state index contributed by atoms with van der Waals surface area (Å²) < 4.78 is 22.8. The molecule has 6 atom stereocenters. The van der Waals surface area contributed by atoms with Crippen LogP contribution in [0.3, 0.4) is 0 Å². The third kappa shape index (κ3) is 33.9. The quantitative estimate of drug-likeness (QED) is 0.0269. The number of hydrogen-bond donors (Lipinski definition) is 4. The molecule has 0 bridgehead atoms. The lowest BCUT2D eigenvalue weighted by atomic mass is 9.99. The number of ether oxygens (including phenoxy) is 4. The molecule has 0 aliphatic carbocycles. The van der Waals surface area contributed by atoms with Crippen LogP contribution in [-0.4, -0.2) is 89.6 Å². The number of carbonyl (C=O) groups is 1. The van der Waals surface area contributed by atoms with Gasteiger partial charge in [0, 0.05) is 13.0 Å². The minimum Gasteiger partial charge on any atom is -0.457 e. The van der Waals surface area contributed by atoms with Crippen LogP contribution in [0.4, 0.5) is 0 Å². The van der Waals surface area contributed by atoms with Crippen molar-refractivity contribution < 1.29 is 44.2 Å². The molecule has 4 N–H and O–H groups in total. The van der Waals surface area contributed by atoms with E-state index in [2.05, 4.69) is 98.9 Å². The summed E-state index contributed by atoms with van der Waals surface area (Å²) in [5.74, 6) is -0.342. The third-order valence-corrected chi connectivity index (χ3v) is 10.8. The van der Waals surface area contributed by atoms with E-state index in [1.54, 1.807) is 0 Å². The van der Waals surface area contributed by atoms with Crippen molar-refractivity contribution in [2.75, 3.05) is 26.4 Å². The Hall–Kier alpha value is -2.63.